The van der Waals surface area contributed by atoms with E-state index < -0.39 is 19.9 Å². The molecule has 0 bridgehead atoms. The summed E-state index contributed by atoms with van der Waals surface area (Å²) < 4.78 is 56.4. The standard InChI is InChI=1S/C8H12F3O3P/c1-3-5-13-15(12,14-6-4-2)7-8(9,10)11/h3-6H,7H2,1-2H3. The molecule has 0 aromatic carbocycles. The molecule has 7 heteroatoms. The number of allylic oxidation sites excluding steroid dienone is 2. The predicted molar refractivity (Wildman–Crippen MR) is 50.3 cm³/mol. The average Bonchev–Trinajstić information content (AvgIpc) is 2.09. The lowest BCUT2D eigenvalue weighted by Crippen LogP contribution is -2.15. The number of alkyl halides is 3. The molecule has 0 aromatic rings. The molecule has 0 aliphatic carbocycles. The van der Waals surface area contributed by atoms with E-state index in [4.69, 9.17) is 0 Å². The van der Waals surface area contributed by atoms with Gasteiger partial charge in [0.2, 0.25) is 0 Å². The summed E-state index contributed by atoms with van der Waals surface area (Å²) in [6, 6.07) is 0. The first kappa shape index (κ1) is 14.1. The van der Waals surface area contributed by atoms with Gasteiger partial charge in [0.25, 0.3) is 0 Å². The number of rotatable bonds is 5. The van der Waals surface area contributed by atoms with Crippen molar-refractivity contribution in [2.75, 3.05) is 6.16 Å². The smallest absolute Gasteiger partial charge is 0.424 e. The molecule has 0 fully saturated rings. The molecule has 3 nitrogen and oxygen atoms in total. The molecule has 0 aliphatic heterocycles. The van der Waals surface area contributed by atoms with Crippen molar-refractivity contribution in [1.82, 2.24) is 0 Å². The third-order valence-electron chi connectivity index (χ3n) is 1.09. The zero-order chi connectivity index (χ0) is 11.9. The summed E-state index contributed by atoms with van der Waals surface area (Å²) in [6.07, 6.45) is -1.75. The second-order valence-electron chi connectivity index (χ2n) is 2.53. The minimum atomic E-state index is -4.60. The van der Waals surface area contributed by atoms with Crippen molar-refractivity contribution >= 4 is 7.60 Å². The minimum Gasteiger partial charge on any atom is -0.424 e. The molecule has 0 saturated heterocycles. The molecule has 0 radical (unpaired) electrons. The summed E-state index contributed by atoms with van der Waals surface area (Å²) in [6.45, 7) is 3.04. The van der Waals surface area contributed by atoms with Crippen LogP contribution in [-0.2, 0) is 13.6 Å². The van der Waals surface area contributed by atoms with Crippen LogP contribution in [0.3, 0.4) is 0 Å². The first-order valence-corrected chi connectivity index (χ1v) is 5.81. The molecule has 15 heavy (non-hydrogen) atoms. The van der Waals surface area contributed by atoms with Crippen LogP contribution in [0.4, 0.5) is 13.2 Å². The molecule has 0 saturated carbocycles. The van der Waals surface area contributed by atoms with Crippen LogP contribution >= 0.6 is 7.60 Å². The van der Waals surface area contributed by atoms with Crippen molar-refractivity contribution < 1.29 is 26.8 Å². The van der Waals surface area contributed by atoms with Crippen molar-refractivity contribution in [2.24, 2.45) is 0 Å². The van der Waals surface area contributed by atoms with E-state index in [1.54, 1.807) is 0 Å². The van der Waals surface area contributed by atoms with E-state index in [1.807, 2.05) is 0 Å². The SMILES string of the molecule is CC=COP(=O)(CC(F)(F)F)OC=CC. The molecule has 0 aliphatic rings. The monoisotopic (exact) mass is 244 g/mol. The number of hydrogen-bond acceptors (Lipinski definition) is 3. The van der Waals surface area contributed by atoms with Gasteiger partial charge in [-0.15, -0.1) is 0 Å². The summed E-state index contributed by atoms with van der Waals surface area (Å²) in [4.78, 5) is 0. The van der Waals surface area contributed by atoms with Gasteiger partial charge in [-0.2, -0.15) is 13.2 Å². The normalized spacial score (nSPS) is 16.9. The molecule has 0 spiro atoms. The Bertz CT molecular complexity index is 265. The van der Waals surface area contributed by atoms with E-state index in [0.29, 0.717) is 0 Å². The molecule has 0 N–H and O–H groups in total. The van der Waals surface area contributed by atoms with Crippen molar-refractivity contribution in [3.63, 3.8) is 0 Å². The topological polar surface area (TPSA) is 35.5 Å². The lowest BCUT2D eigenvalue weighted by Gasteiger charge is -2.16. The fourth-order valence-electron chi connectivity index (χ4n) is 0.626. The maximum atomic E-state index is 12.0. The molecule has 88 valence electrons. The second-order valence-corrected chi connectivity index (χ2v) is 4.49. The second kappa shape index (κ2) is 5.85. The van der Waals surface area contributed by atoms with Crippen LogP contribution in [0.5, 0.6) is 0 Å². The van der Waals surface area contributed by atoms with Crippen LogP contribution < -0.4 is 0 Å². The molecule has 0 heterocycles. The Balaban J connectivity index is 4.62. The zero-order valence-electron chi connectivity index (χ0n) is 8.32. The van der Waals surface area contributed by atoms with Crippen LogP contribution in [0.25, 0.3) is 0 Å². The van der Waals surface area contributed by atoms with Gasteiger partial charge in [0.1, 0.15) is 0 Å². The molecule has 0 aromatic heterocycles. The largest absolute Gasteiger partial charge is 0.438 e. The summed E-state index contributed by atoms with van der Waals surface area (Å²) >= 11 is 0. The zero-order valence-corrected chi connectivity index (χ0v) is 9.22. The van der Waals surface area contributed by atoms with E-state index in [-0.39, 0.29) is 0 Å². The first-order chi connectivity index (χ1) is 6.83. The van der Waals surface area contributed by atoms with Crippen LogP contribution in [0.1, 0.15) is 13.8 Å². The van der Waals surface area contributed by atoms with Gasteiger partial charge in [0, 0.05) is 0 Å². The van der Waals surface area contributed by atoms with Gasteiger partial charge in [-0.05, 0) is 13.8 Å². The van der Waals surface area contributed by atoms with Crippen molar-refractivity contribution in [1.29, 1.82) is 0 Å². The maximum absolute atomic E-state index is 12.0. The fourth-order valence-corrected chi connectivity index (χ4v) is 1.88. The Labute approximate surface area is 86.1 Å². The van der Waals surface area contributed by atoms with Crippen LogP contribution in [0.2, 0.25) is 0 Å². The first-order valence-electron chi connectivity index (χ1n) is 4.08. The molecule has 0 atom stereocenters. The highest BCUT2D eigenvalue weighted by Gasteiger charge is 2.42. The van der Waals surface area contributed by atoms with E-state index in [2.05, 4.69) is 9.05 Å². The van der Waals surface area contributed by atoms with Gasteiger partial charge in [-0.25, -0.2) is 4.57 Å². The van der Waals surface area contributed by atoms with E-state index in [1.165, 1.54) is 26.0 Å². The van der Waals surface area contributed by atoms with E-state index in [9.17, 15) is 17.7 Å². The Morgan fingerprint density at radius 2 is 1.53 bits per heavy atom. The van der Waals surface area contributed by atoms with Crippen LogP contribution in [0.15, 0.2) is 24.7 Å². The number of hydrogen-bond donors (Lipinski definition) is 0. The highest BCUT2D eigenvalue weighted by molar-refractivity contribution is 7.54. The molecular weight excluding hydrogens is 232 g/mol. The Morgan fingerprint density at radius 3 is 1.80 bits per heavy atom. The van der Waals surface area contributed by atoms with Gasteiger partial charge in [-0.3, -0.25) is 0 Å². The highest BCUT2D eigenvalue weighted by atomic mass is 31.2. The van der Waals surface area contributed by atoms with Crippen molar-refractivity contribution in [2.45, 2.75) is 20.0 Å². The summed E-state index contributed by atoms with van der Waals surface area (Å²) in [5, 5.41) is 0. The quantitative estimate of drug-likeness (QED) is 0.544. The maximum Gasteiger partial charge on any atom is 0.438 e. The summed E-state index contributed by atoms with van der Waals surface area (Å²) in [5.41, 5.74) is 0. The van der Waals surface area contributed by atoms with Gasteiger partial charge < -0.3 is 9.05 Å². The van der Waals surface area contributed by atoms with Gasteiger partial charge in [0.15, 0.2) is 6.16 Å². The van der Waals surface area contributed by atoms with E-state index in [0.717, 1.165) is 12.5 Å². The Morgan fingerprint density at radius 1 is 1.13 bits per heavy atom. The third-order valence-corrected chi connectivity index (χ3v) is 2.72. The van der Waals surface area contributed by atoms with E-state index >= 15 is 0 Å². The molecular formula is C8H12F3O3P. The Hall–Kier alpha value is -0.900. The van der Waals surface area contributed by atoms with Gasteiger partial charge in [-0.1, -0.05) is 12.2 Å². The predicted octanol–water partition coefficient (Wildman–Crippen LogP) is 3.84. The van der Waals surface area contributed by atoms with Crippen molar-refractivity contribution in [3.8, 4) is 0 Å². The summed E-state index contributed by atoms with van der Waals surface area (Å²) in [5.74, 6) is 0. The number of halogens is 3. The fraction of sp³-hybridized carbons (Fsp3) is 0.500. The van der Waals surface area contributed by atoms with Crippen LogP contribution in [-0.4, -0.2) is 12.3 Å². The van der Waals surface area contributed by atoms with Crippen molar-refractivity contribution in [3.05, 3.63) is 24.7 Å². The highest BCUT2D eigenvalue weighted by Crippen LogP contribution is 2.52. The molecule has 0 amide bonds. The lowest BCUT2D eigenvalue weighted by atomic mass is 10.7. The lowest BCUT2D eigenvalue weighted by molar-refractivity contribution is -0.109. The third kappa shape index (κ3) is 7.08. The van der Waals surface area contributed by atoms with Crippen LogP contribution in [0, 0.1) is 0 Å². The minimum absolute atomic E-state index is 0.913. The average molecular weight is 244 g/mol. The molecule has 0 unspecified atom stereocenters. The molecule has 0 rings (SSSR count). The summed E-state index contributed by atoms with van der Waals surface area (Å²) in [7, 11) is -4.17. The van der Waals surface area contributed by atoms with Gasteiger partial charge in [0.05, 0.1) is 12.5 Å². The Kier molecular flexibility index (Phi) is 5.50. The van der Waals surface area contributed by atoms with Gasteiger partial charge >= 0.3 is 13.8 Å².